The van der Waals surface area contributed by atoms with E-state index in [1.165, 1.54) is 12.1 Å². The van der Waals surface area contributed by atoms with Crippen molar-refractivity contribution in [2.45, 2.75) is 38.0 Å². The van der Waals surface area contributed by atoms with Gasteiger partial charge in [0, 0.05) is 24.2 Å². The lowest BCUT2D eigenvalue weighted by Crippen LogP contribution is -2.29. The number of nitrogens with zero attached hydrogens (tertiary/aromatic N) is 1. The molecule has 0 bridgehead atoms. The summed E-state index contributed by atoms with van der Waals surface area (Å²) < 4.78 is 27.2. The first-order chi connectivity index (χ1) is 10.9. The zero-order valence-corrected chi connectivity index (χ0v) is 14.1. The number of aliphatic imine (C=N–C) groups is 1. The Morgan fingerprint density at radius 1 is 1.39 bits per heavy atom. The lowest BCUT2D eigenvalue weighted by Gasteiger charge is -2.10. The van der Waals surface area contributed by atoms with Crippen LogP contribution in [0.2, 0.25) is 0 Å². The van der Waals surface area contributed by atoms with Crippen LogP contribution in [-0.4, -0.2) is 26.7 Å². The summed E-state index contributed by atoms with van der Waals surface area (Å²) in [6, 6.07) is 6.18. The molecule has 0 atom stereocenters. The molecule has 0 saturated heterocycles. The molecule has 0 aliphatic carbocycles. The second kappa shape index (κ2) is 7.41. The number of anilines is 1. The van der Waals surface area contributed by atoms with Gasteiger partial charge in [-0.05, 0) is 38.0 Å². The van der Waals surface area contributed by atoms with Crippen molar-refractivity contribution in [1.82, 2.24) is 4.72 Å². The minimum absolute atomic E-state index is 0.0991. The van der Waals surface area contributed by atoms with E-state index in [0.717, 1.165) is 12.8 Å². The average molecular weight is 335 g/mol. The van der Waals surface area contributed by atoms with Crippen molar-refractivity contribution in [1.29, 1.82) is 0 Å². The number of carbonyl (C=O) groups is 1. The summed E-state index contributed by atoms with van der Waals surface area (Å²) in [4.78, 5) is 16.2. The van der Waals surface area contributed by atoms with Gasteiger partial charge in [0.25, 0.3) is 15.9 Å². The van der Waals surface area contributed by atoms with Gasteiger partial charge in [0.15, 0.2) is 0 Å². The fourth-order valence-corrected chi connectivity index (χ4v) is 3.34. The number of carbonyl (C=O) groups excluding carboxylic acids is 1. The van der Waals surface area contributed by atoms with Crippen molar-refractivity contribution in [2.75, 3.05) is 11.9 Å². The van der Waals surface area contributed by atoms with E-state index in [0.29, 0.717) is 30.1 Å². The standard InChI is InChI=1S/C16H21N3O3S/c1-3-6-12(2)16(20)18-13-7-4-8-14(11-13)23(21,22)19-15-9-5-10-17-15/h4,6-8,11H,3,5,9-10H2,1-2H3,(H,17,19)(H,18,20)/b12-6-. The van der Waals surface area contributed by atoms with E-state index in [2.05, 4.69) is 15.0 Å². The van der Waals surface area contributed by atoms with Gasteiger partial charge >= 0.3 is 0 Å². The minimum atomic E-state index is -3.68. The maximum absolute atomic E-state index is 12.3. The Morgan fingerprint density at radius 2 is 2.17 bits per heavy atom. The third kappa shape index (κ3) is 4.66. The zero-order valence-electron chi connectivity index (χ0n) is 13.3. The number of nitrogens with one attached hydrogen (secondary N) is 2. The highest BCUT2D eigenvalue weighted by molar-refractivity contribution is 7.90. The Labute approximate surface area is 136 Å². The Balaban J connectivity index is 2.16. The van der Waals surface area contributed by atoms with E-state index in [1.54, 1.807) is 19.1 Å². The summed E-state index contributed by atoms with van der Waals surface area (Å²) in [6.45, 7) is 4.32. The van der Waals surface area contributed by atoms with Gasteiger partial charge in [-0.3, -0.25) is 14.5 Å². The van der Waals surface area contributed by atoms with Crippen molar-refractivity contribution in [3.63, 3.8) is 0 Å². The van der Waals surface area contributed by atoms with Crippen molar-refractivity contribution in [3.05, 3.63) is 35.9 Å². The van der Waals surface area contributed by atoms with E-state index in [4.69, 9.17) is 0 Å². The lowest BCUT2D eigenvalue weighted by atomic mass is 10.2. The molecule has 6 nitrogen and oxygen atoms in total. The van der Waals surface area contributed by atoms with E-state index < -0.39 is 10.0 Å². The van der Waals surface area contributed by atoms with Crippen LogP contribution in [0.4, 0.5) is 5.69 Å². The molecule has 23 heavy (non-hydrogen) atoms. The second-order valence-electron chi connectivity index (χ2n) is 5.31. The Hall–Kier alpha value is -2.15. The molecule has 0 fully saturated rings. The molecule has 1 aromatic carbocycles. The van der Waals surface area contributed by atoms with Gasteiger partial charge in [-0.2, -0.15) is 0 Å². The molecule has 0 radical (unpaired) electrons. The number of benzene rings is 1. The average Bonchev–Trinajstić information content (AvgIpc) is 3.00. The first-order valence-electron chi connectivity index (χ1n) is 7.56. The topological polar surface area (TPSA) is 87.6 Å². The Morgan fingerprint density at radius 3 is 2.83 bits per heavy atom. The fourth-order valence-electron chi connectivity index (χ4n) is 2.21. The molecule has 1 aliphatic rings. The molecule has 0 unspecified atom stereocenters. The fraction of sp³-hybridized carbons (Fsp3) is 0.375. The van der Waals surface area contributed by atoms with Crippen LogP contribution in [0.5, 0.6) is 0 Å². The molecule has 1 aliphatic heterocycles. The molecular formula is C16H21N3O3S. The zero-order chi connectivity index (χ0) is 16.9. The van der Waals surface area contributed by atoms with Crippen LogP contribution >= 0.6 is 0 Å². The largest absolute Gasteiger partial charge is 0.322 e. The second-order valence-corrected chi connectivity index (χ2v) is 7.00. The maximum Gasteiger partial charge on any atom is 0.262 e. The molecular weight excluding hydrogens is 314 g/mol. The van der Waals surface area contributed by atoms with Crippen LogP contribution in [0, 0.1) is 0 Å². The lowest BCUT2D eigenvalue weighted by molar-refractivity contribution is -0.112. The molecule has 0 aromatic heterocycles. The molecule has 2 N–H and O–H groups in total. The number of sulfonamides is 1. The number of amidine groups is 1. The first kappa shape index (κ1) is 17.2. The van der Waals surface area contributed by atoms with Crippen LogP contribution < -0.4 is 10.0 Å². The van der Waals surface area contributed by atoms with Gasteiger partial charge < -0.3 is 5.32 Å². The van der Waals surface area contributed by atoms with Crippen molar-refractivity contribution in [2.24, 2.45) is 4.99 Å². The highest BCUT2D eigenvalue weighted by Crippen LogP contribution is 2.17. The monoisotopic (exact) mass is 335 g/mol. The van der Waals surface area contributed by atoms with Crippen LogP contribution in [0.15, 0.2) is 45.8 Å². The smallest absolute Gasteiger partial charge is 0.262 e. The molecule has 124 valence electrons. The molecule has 7 heteroatoms. The SMILES string of the molecule is CC/C=C(/C)C(=O)Nc1cccc(S(=O)(=O)NC2=NCCC2)c1. The highest BCUT2D eigenvalue weighted by Gasteiger charge is 2.18. The van der Waals surface area contributed by atoms with Gasteiger partial charge in [0.2, 0.25) is 0 Å². The summed E-state index contributed by atoms with van der Waals surface area (Å²) in [5.74, 6) is 0.246. The summed E-state index contributed by atoms with van der Waals surface area (Å²) in [5, 5.41) is 2.70. The number of amides is 1. The van der Waals surface area contributed by atoms with Crippen LogP contribution in [-0.2, 0) is 14.8 Å². The Bertz CT molecular complexity index is 752. The number of hydrogen-bond donors (Lipinski definition) is 2. The summed E-state index contributed by atoms with van der Waals surface area (Å²) in [6.07, 6.45) is 4.07. The number of hydrogen-bond acceptors (Lipinski definition) is 4. The summed E-state index contributed by atoms with van der Waals surface area (Å²) >= 11 is 0. The van der Waals surface area contributed by atoms with Gasteiger partial charge in [0.1, 0.15) is 5.84 Å². The molecule has 0 spiro atoms. The van der Waals surface area contributed by atoms with Crippen molar-refractivity contribution >= 4 is 27.5 Å². The third-order valence-electron chi connectivity index (χ3n) is 3.40. The number of allylic oxidation sites excluding steroid dienone is 1. The van der Waals surface area contributed by atoms with E-state index >= 15 is 0 Å². The molecule has 0 saturated carbocycles. The maximum atomic E-state index is 12.3. The van der Waals surface area contributed by atoms with Gasteiger partial charge in [-0.15, -0.1) is 0 Å². The van der Waals surface area contributed by atoms with Crippen molar-refractivity contribution < 1.29 is 13.2 Å². The minimum Gasteiger partial charge on any atom is -0.322 e. The molecule has 1 heterocycles. The quantitative estimate of drug-likeness (QED) is 0.810. The van der Waals surface area contributed by atoms with E-state index in [1.807, 2.05) is 13.0 Å². The van der Waals surface area contributed by atoms with Crippen LogP contribution in [0.1, 0.15) is 33.1 Å². The predicted octanol–water partition coefficient (Wildman–Crippen LogP) is 2.45. The van der Waals surface area contributed by atoms with Gasteiger partial charge in [0.05, 0.1) is 4.90 Å². The number of rotatable bonds is 5. The molecule has 1 amide bonds. The first-order valence-corrected chi connectivity index (χ1v) is 9.05. The van der Waals surface area contributed by atoms with E-state index in [-0.39, 0.29) is 10.8 Å². The molecule has 1 aromatic rings. The highest BCUT2D eigenvalue weighted by atomic mass is 32.2. The van der Waals surface area contributed by atoms with Gasteiger partial charge in [-0.1, -0.05) is 19.1 Å². The molecule has 2 rings (SSSR count). The summed E-state index contributed by atoms with van der Waals surface area (Å²) in [5.41, 5.74) is 1.04. The van der Waals surface area contributed by atoms with Crippen molar-refractivity contribution in [3.8, 4) is 0 Å². The van der Waals surface area contributed by atoms with Crippen LogP contribution in [0.3, 0.4) is 0 Å². The summed E-state index contributed by atoms with van der Waals surface area (Å²) in [7, 11) is -3.68. The predicted molar refractivity (Wildman–Crippen MR) is 91.0 cm³/mol. The Kier molecular flexibility index (Phi) is 5.54. The van der Waals surface area contributed by atoms with Crippen LogP contribution in [0.25, 0.3) is 0 Å². The third-order valence-corrected chi connectivity index (χ3v) is 4.78. The normalized spacial score (nSPS) is 15.2. The van der Waals surface area contributed by atoms with Gasteiger partial charge in [-0.25, -0.2) is 8.42 Å². The van der Waals surface area contributed by atoms with E-state index in [9.17, 15) is 13.2 Å².